The van der Waals surface area contributed by atoms with Crippen LogP contribution >= 0.6 is 0 Å². The third kappa shape index (κ3) is 2.24. The molecule has 86 valence electrons. The van der Waals surface area contributed by atoms with Gasteiger partial charge in [-0.3, -0.25) is 9.78 Å². The molecule has 2 N–H and O–H groups in total. The summed E-state index contributed by atoms with van der Waals surface area (Å²) in [5, 5.41) is 6.07. The van der Waals surface area contributed by atoms with Crippen molar-refractivity contribution >= 4 is 11.6 Å². The van der Waals surface area contributed by atoms with Crippen LogP contribution in [0.15, 0.2) is 12.3 Å². The summed E-state index contributed by atoms with van der Waals surface area (Å²) in [5.41, 5.74) is 1.80. The molecule has 1 aliphatic heterocycles. The Hall–Kier alpha value is -1.78. The van der Waals surface area contributed by atoms with Crippen LogP contribution in [0.2, 0.25) is 0 Å². The Labute approximate surface area is 94.2 Å². The van der Waals surface area contributed by atoms with Gasteiger partial charge < -0.3 is 15.4 Å². The summed E-state index contributed by atoms with van der Waals surface area (Å²) >= 11 is 0. The van der Waals surface area contributed by atoms with Gasteiger partial charge in [0.2, 0.25) is 5.91 Å². The number of ether oxygens (including phenoxy) is 1. The van der Waals surface area contributed by atoms with E-state index in [2.05, 4.69) is 15.6 Å². The molecule has 0 saturated carbocycles. The third-order valence-electron chi connectivity index (χ3n) is 2.56. The zero-order valence-electron chi connectivity index (χ0n) is 9.41. The minimum absolute atomic E-state index is 0.0854. The van der Waals surface area contributed by atoms with E-state index < -0.39 is 0 Å². The average Bonchev–Trinajstić information content (AvgIpc) is 2.64. The van der Waals surface area contributed by atoms with Crippen LogP contribution in [0.1, 0.15) is 12.1 Å². The van der Waals surface area contributed by atoms with Gasteiger partial charge in [0.05, 0.1) is 25.0 Å². The molecule has 0 aromatic carbocycles. The number of methoxy groups -OCH3 is 1. The SMILES string of the molecule is COc1cnc(C)cc1NC1CNC(=O)C1. The fraction of sp³-hybridized carbons (Fsp3) is 0.455. The number of aromatic nitrogens is 1. The molecule has 1 saturated heterocycles. The van der Waals surface area contributed by atoms with Crippen LogP contribution in [0.5, 0.6) is 5.75 Å². The Balaban J connectivity index is 2.13. The number of hydrogen-bond acceptors (Lipinski definition) is 4. The molecule has 16 heavy (non-hydrogen) atoms. The van der Waals surface area contributed by atoms with Gasteiger partial charge in [0.25, 0.3) is 0 Å². The lowest BCUT2D eigenvalue weighted by Crippen LogP contribution is -2.22. The van der Waals surface area contributed by atoms with Crippen molar-refractivity contribution in [1.82, 2.24) is 10.3 Å². The van der Waals surface area contributed by atoms with Crippen molar-refractivity contribution in [2.24, 2.45) is 0 Å². The van der Waals surface area contributed by atoms with Gasteiger partial charge >= 0.3 is 0 Å². The number of nitrogens with one attached hydrogen (secondary N) is 2. The fourth-order valence-corrected chi connectivity index (χ4v) is 1.75. The molecular formula is C11H15N3O2. The minimum Gasteiger partial charge on any atom is -0.493 e. The van der Waals surface area contributed by atoms with E-state index in [1.165, 1.54) is 0 Å². The lowest BCUT2D eigenvalue weighted by Gasteiger charge is -2.15. The second-order valence-electron chi connectivity index (χ2n) is 3.88. The van der Waals surface area contributed by atoms with E-state index in [1.807, 2.05) is 13.0 Å². The highest BCUT2D eigenvalue weighted by Crippen LogP contribution is 2.25. The van der Waals surface area contributed by atoms with Crippen LogP contribution in [0.25, 0.3) is 0 Å². The van der Waals surface area contributed by atoms with Gasteiger partial charge in [0.15, 0.2) is 5.75 Å². The molecule has 1 aliphatic rings. The Bertz CT molecular complexity index is 406. The molecule has 2 heterocycles. The Morgan fingerprint density at radius 3 is 3.06 bits per heavy atom. The molecule has 1 aromatic heterocycles. The normalized spacial score (nSPS) is 19.4. The predicted molar refractivity (Wildman–Crippen MR) is 60.6 cm³/mol. The van der Waals surface area contributed by atoms with E-state index in [4.69, 9.17) is 4.74 Å². The summed E-state index contributed by atoms with van der Waals surface area (Å²) in [4.78, 5) is 15.2. The first-order valence-electron chi connectivity index (χ1n) is 5.23. The van der Waals surface area contributed by atoms with Crippen molar-refractivity contribution in [3.63, 3.8) is 0 Å². The molecule has 0 aliphatic carbocycles. The Kier molecular flexibility index (Phi) is 2.94. The second kappa shape index (κ2) is 4.38. The van der Waals surface area contributed by atoms with Gasteiger partial charge in [-0.25, -0.2) is 0 Å². The van der Waals surface area contributed by atoms with Crippen molar-refractivity contribution in [3.05, 3.63) is 18.0 Å². The van der Waals surface area contributed by atoms with E-state index in [0.29, 0.717) is 18.7 Å². The van der Waals surface area contributed by atoms with Crippen molar-refractivity contribution in [2.75, 3.05) is 19.0 Å². The first kappa shape index (κ1) is 10.7. The van der Waals surface area contributed by atoms with Crippen molar-refractivity contribution in [2.45, 2.75) is 19.4 Å². The summed E-state index contributed by atoms with van der Waals surface area (Å²) in [7, 11) is 1.61. The maximum Gasteiger partial charge on any atom is 0.222 e. The first-order valence-corrected chi connectivity index (χ1v) is 5.23. The molecule has 1 amide bonds. The van der Waals surface area contributed by atoms with Crippen molar-refractivity contribution in [1.29, 1.82) is 0 Å². The van der Waals surface area contributed by atoms with Crippen LogP contribution in [0, 0.1) is 6.92 Å². The number of carbonyl (C=O) groups excluding carboxylic acids is 1. The number of hydrogen-bond donors (Lipinski definition) is 2. The molecule has 0 radical (unpaired) electrons. The summed E-state index contributed by atoms with van der Waals surface area (Å²) in [5.74, 6) is 0.784. The van der Waals surface area contributed by atoms with E-state index in [1.54, 1.807) is 13.3 Å². The van der Waals surface area contributed by atoms with Gasteiger partial charge in [-0.1, -0.05) is 0 Å². The highest BCUT2D eigenvalue weighted by atomic mass is 16.5. The highest BCUT2D eigenvalue weighted by Gasteiger charge is 2.22. The number of anilines is 1. The number of carbonyl (C=O) groups is 1. The predicted octanol–water partition coefficient (Wildman–Crippen LogP) is 0.699. The average molecular weight is 221 g/mol. The summed E-state index contributed by atoms with van der Waals surface area (Å²) in [6.07, 6.45) is 2.19. The first-order chi connectivity index (χ1) is 7.69. The van der Waals surface area contributed by atoms with Crippen LogP contribution < -0.4 is 15.4 Å². The number of rotatable bonds is 3. The largest absolute Gasteiger partial charge is 0.493 e. The van der Waals surface area contributed by atoms with E-state index in [-0.39, 0.29) is 11.9 Å². The van der Waals surface area contributed by atoms with Gasteiger partial charge in [-0.15, -0.1) is 0 Å². The van der Waals surface area contributed by atoms with Crippen LogP contribution in [0.3, 0.4) is 0 Å². The third-order valence-corrected chi connectivity index (χ3v) is 2.56. The standard InChI is InChI=1S/C11H15N3O2/c1-7-3-9(10(16-2)6-12-7)14-8-4-11(15)13-5-8/h3,6,8H,4-5H2,1-2H3,(H,12,14)(H,13,15). The number of amides is 1. The monoisotopic (exact) mass is 221 g/mol. The van der Waals surface area contributed by atoms with Crippen molar-refractivity contribution < 1.29 is 9.53 Å². The lowest BCUT2D eigenvalue weighted by molar-refractivity contribution is -0.119. The second-order valence-corrected chi connectivity index (χ2v) is 3.88. The van der Waals surface area contributed by atoms with Gasteiger partial charge in [0, 0.05) is 18.7 Å². The van der Waals surface area contributed by atoms with Gasteiger partial charge in [-0.05, 0) is 13.0 Å². The molecule has 1 unspecified atom stereocenters. The van der Waals surface area contributed by atoms with Crippen LogP contribution in [0.4, 0.5) is 5.69 Å². The molecule has 2 rings (SSSR count). The van der Waals surface area contributed by atoms with E-state index in [0.717, 1.165) is 11.4 Å². The fourth-order valence-electron chi connectivity index (χ4n) is 1.75. The molecule has 1 fully saturated rings. The molecule has 0 spiro atoms. The quantitative estimate of drug-likeness (QED) is 0.788. The maximum absolute atomic E-state index is 11.1. The van der Waals surface area contributed by atoms with E-state index in [9.17, 15) is 4.79 Å². The smallest absolute Gasteiger partial charge is 0.222 e. The summed E-state index contributed by atoms with van der Waals surface area (Å²) < 4.78 is 5.21. The van der Waals surface area contributed by atoms with E-state index >= 15 is 0 Å². The molecule has 5 heteroatoms. The number of pyridine rings is 1. The molecule has 5 nitrogen and oxygen atoms in total. The number of aryl methyl sites for hydroxylation is 1. The topological polar surface area (TPSA) is 63.2 Å². The lowest BCUT2D eigenvalue weighted by atomic mass is 10.2. The number of nitrogens with zero attached hydrogens (tertiary/aromatic N) is 1. The van der Waals surface area contributed by atoms with Crippen molar-refractivity contribution in [3.8, 4) is 5.75 Å². The summed E-state index contributed by atoms with van der Waals surface area (Å²) in [6.45, 7) is 2.58. The highest BCUT2D eigenvalue weighted by molar-refractivity contribution is 5.79. The molecule has 0 bridgehead atoms. The zero-order chi connectivity index (χ0) is 11.5. The van der Waals surface area contributed by atoms with Crippen LogP contribution in [-0.4, -0.2) is 30.6 Å². The maximum atomic E-state index is 11.1. The molecule has 1 aromatic rings. The molecule has 1 atom stereocenters. The Morgan fingerprint density at radius 1 is 1.62 bits per heavy atom. The van der Waals surface area contributed by atoms with Gasteiger partial charge in [0.1, 0.15) is 0 Å². The van der Waals surface area contributed by atoms with Crippen LogP contribution in [-0.2, 0) is 4.79 Å². The molecular weight excluding hydrogens is 206 g/mol. The zero-order valence-corrected chi connectivity index (χ0v) is 9.41. The summed E-state index contributed by atoms with van der Waals surface area (Å²) in [6, 6.07) is 2.05. The minimum atomic E-state index is 0.0854. The van der Waals surface area contributed by atoms with Gasteiger partial charge in [-0.2, -0.15) is 0 Å². The Morgan fingerprint density at radius 2 is 2.44 bits per heavy atom.